The van der Waals surface area contributed by atoms with Gasteiger partial charge in [0, 0.05) is 5.69 Å². The largest absolute Gasteiger partial charge is 0.454 e. The first-order valence-electron chi connectivity index (χ1n) is 9.99. The number of fused-ring (bicyclic) bond motifs is 5. The van der Waals surface area contributed by atoms with Gasteiger partial charge in [0.1, 0.15) is 6.54 Å². The van der Waals surface area contributed by atoms with E-state index in [1.165, 1.54) is 0 Å². The molecule has 3 amide bonds. The zero-order valence-electron chi connectivity index (χ0n) is 16.3. The summed E-state index contributed by atoms with van der Waals surface area (Å²) in [6.07, 6.45) is 1.55. The van der Waals surface area contributed by atoms with Gasteiger partial charge in [-0.25, -0.2) is 0 Å². The van der Waals surface area contributed by atoms with Gasteiger partial charge in [0.05, 0.1) is 22.6 Å². The second kappa shape index (κ2) is 8.19. The maximum absolute atomic E-state index is 12.7. The average Bonchev–Trinajstić information content (AvgIpc) is 3.34. The molecular weight excluding hydrogens is 431 g/mol. The summed E-state index contributed by atoms with van der Waals surface area (Å²) >= 11 is 12.6. The normalized spacial score (nSPS) is 31.8. The summed E-state index contributed by atoms with van der Waals surface area (Å²) in [5, 5.41) is 1.93. The van der Waals surface area contributed by atoms with E-state index in [2.05, 4.69) is 5.32 Å². The number of benzene rings is 1. The van der Waals surface area contributed by atoms with Gasteiger partial charge in [-0.1, -0.05) is 19.1 Å². The first kappa shape index (κ1) is 21.1. The van der Waals surface area contributed by atoms with Gasteiger partial charge in [0.25, 0.3) is 5.91 Å². The third kappa shape index (κ3) is 3.58. The Hall–Kier alpha value is -2.12. The lowest BCUT2D eigenvalue weighted by Gasteiger charge is -2.28. The molecule has 2 bridgehead atoms. The molecule has 9 heteroatoms. The van der Waals surface area contributed by atoms with E-state index in [1.807, 2.05) is 19.1 Å². The number of halogens is 2. The number of imide groups is 1. The summed E-state index contributed by atoms with van der Waals surface area (Å²) in [6.45, 7) is 1.02. The van der Waals surface area contributed by atoms with Crippen LogP contribution in [0.3, 0.4) is 0 Å². The molecule has 6 atom stereocenters. The molecule has 3 fully saturated rings. The molecule has 3 aliphatic rings. The molecule has 30 heavy (non-hydrogen) atoms. The molecule has 1 aromatic carbocycles. The van der Waals surface area contributed by atoms with Gasteiger partial charge in [-0.05, 0) is 42.4 Å². The Balaban J connectivity index is 1.29. The number of anilines is 1. The zero-order chi connectivity index (χ0) is 21.6. The molecule has 1 N–H and O–H groups in total. The van der Waals surface area contributed by atoms with Crippen molar-refractivity contribution in [3.05, 3.63) is 29.8 Å². The van der Waals surface area contributed by atoms with Gasteiger partial charge in [-0.15, -0.1) is 23.2 Å². The molecule has 0 aromatic heterocycles. The number of likely N-dealkylation sites (tertiary alicyclic amines) is 1. The maximum atomic E-state index is 12.7. The van der Waals surface area contributed by atoms with E-state index in [4.69, 9.17) is 27.9 Å². The van der Waals surface area contributed by atoms with Crippen LogP contribution in [0.1, 0.15) is 18.9 Å². The van der Waals surface area contributed by atoms with E-state index in [9.17, 15) is 19.2 Å². The van der Waals surface area contributed by atoms with Crippen molar-refractivity contribution in [2.75, 3.05) is 18.5 Å². The van der Waals surface area contributed by atoms with Crippen LogP contribution in [0.4, 0.5) is 5.69 Å². The number of nitrogens with one attached hydrogen (secondary N) is 1. The maximum Gasteiger partial charge on any atom is 0.326 e. The number of aryl methyl sites for hydroxylation is 1. The summed E-state index contributed by atoms with van der Waals surface area (Å²) in [6, 6.07) is 7.32. The average molecular weight is 453 g/mol. The van der Waals surface area contributed by atoms with E-state index in [1.54, 1.807) is 12.1 Å². The fourth-order valence-corrected chi connectivity index (χ4v) is 5.80. The van der Waals surface area contributed by atoms with Gasteiger partial charge < -0.3 is 10.1 Å². The topological polar surface area (TPSA) is 92.8 Å². The predicted molar refractivity (Wildman–Crippen MR) is 110 cm³/mol. The molecule has 1 heterocycles. The summed E-state index contributed by atoms with van der Waals surface area (Å²) < 4.78 is 4.96. The van der Waals surface area contributed by atoms with Crippen molar-refractivity contribution in [1.82, 2.24) is 4.90 Å². The van der Waals surface area contributed by atoms with E-state index in [0.717, 1.165) is 16.9 Å². The van der Waals surface area contributed by atoms with Gasteiger partial charge >= 0.3 is 5.97 Å². The Kier molecular flexibility index (Phi) is 5.77. The first-order valence-corrected chi connectivity index (χ1v) is 10.9. The van der Waals surface area contributed by atoms with Gasteiger partial charge in [-0.2, -0.15) is 0 Å². The number of carbonyl (C=O) groups excluding carboxylic acids is 4. The van der Waals surface area contributed by atoms with Crippen LogP contribution in [0.5, 0.6) is 0 Å². The monoisotopic (exact) mass is 452 g/mol. The highest BCUT2D eigenvalue weighted by Crippen LogP contribution is 2.59. The van der Waals surface area contributed by atoms with Crippen molar-refractivity contribution in [3.8, 4) is 0 Å². The minimum absolute atomic E-state index is 0.147. The van der Waals surface area contributed by atoms with Crippen LogP contribution in [-0.4, -0.2) is 52.5 Å². The van der Waals surface area contributed by atoms with E-state index in [0.29, 0.717) is 12.1 Å². The van der Waals surface area contributed by atoms with Crippen molar-refractivity contribution in [2.45, 2.75) is 30.5 Å². The number of rotatable bonds is 6. The van der Waals surface area contributed by atoms with E-state index in [-0.39, 0.29) is 22.6 Å². The lowest BCUT2D eigenvalue weighted by atomic mass is 9.80. The van der Waals surface area contributed by atoms with Gasteiger partial charge in [0.2, 0.25) is 11.8 Å². The first-order chi connectivity index (χ1) is 14.3. The highest BCUT2D eigenvalue weighted by atomic mass is 35.5. The number of hydrogen-bond acceptors (Lipinski definition) is 5. The highest BCUT2D eigenvalue weighted by molar-refractivity contribution is 6.31. The van der Waals surface area contributed by atoms with E-state index < -0.39 is 48.7 Å². The van der Waals surface area contributed by atoms with Crippen LogP contribution in [-0.2, 0) is 30.3 Å². The van der Waals surface area contributed by atoms with Crippen molar-refractivity contribution in [1.29, 1.82) is 0 Å². The Morgan fingerprint density at radius 1 is 1.07 bits per heavy atom. The van der Waals surface area contributed by atoms with Crippen LogP contribution in [0.15, 0.2) is 24.3 Å². The number of carbonyl (C=O) groups is 4. The number of alkyl halides is 2. The van der Waals surface area contributed by atoms with Crippen molar-refractivity contribution in [2.24, 2.45) is 23.7 Å². The smallest absolute Gasteiger partial charge is 0.326 e. The molecule has 4 rings (SSSR count). The van der Waals surface area contributed by atoms with Crippen LogP contribution >= 0.6 is 23.2 Å². The fraction of sp³-hybridized carbons (Fsp3) is 0.524. The summed E-state index contributed by atoms with van der Waals surface area (Å²) in [5.74, 6) is -3.43. The third-order valence-corrected chi connectivity index (χ3v) is 7.70. The van der Waals surface area contributed by atoms with Crippen molar-refractivity contribution < 1.29 is 23.9 Å². The molecule has 2 aliphatic carbocycles. The predicted octanol–water partition coefficient (Wildman–Crippen LogP) is 2.20. The second-order valence-corrected chi connectivity index (χ2v) is 9.03. The molecule has 160 valence electrons. The fourth-order valence-electron chi connectivity index (χ4n) is 4.91. The number of nitrogens with zero attached hydrogens (tertiary/aromatic N) is 1. The van der Waals surface area contributed by atoms with Crippen LogP contribution in [0, 0.1) is 23.7 Å². The Bertz CT molecular complexity index is 858. The van der Waals surface area contributed by atoms with Gasteiger partial charge in [0.15, 0.2) is 6.61 Å². The third-order valence-electron chi connectivity index (χ3n) is 6.38. The standard InChI is InChI=1S/C21H22Cl2N2O5/c1-2-10-3-5-11(6-4-10)24-14(26)9-30-15(27)8-25-20(28)16-12-7-13(17(16)21(25)29)19(23)18(12)22/h3-6,12-13,16-19H,2,7-9H2,1H3,(H,24,26)/t12-,13-,16-,17+,18+,19+/m1/s1. The van der Waals surface area contributed by atoms with Crippen molar-refractivity contribution >= 4 is 52.6 Å². The van der Waals surface area contributed by atoms with Crippen LogP contribution < -0.4 is 5.32 Å². The van der Waals surface area contributed by atoms with Crippen LogP contribution in [0.2, 0.25) is 0 Å². The highest BCUT2D eigenvalue weighted by Gasteiger charge is 2.66. The number of amides is 3. The minimum Gasteiger partial charge on any atom is -0.454 e. The number of hydrogen-bond donors (Lipinski definition) is 1. The molecule has 7 nitrogen and oxygen atoms in total. The van der Waals surface area contributed by atoms with E-state index >= 15 is 0 Å². The second-order valence-electron chi connectivity index (χ2n) is 8.03. The molecular formula is C21H22Cl2N2O5. The SMILES string of the molecule is CCc1ccc(NC(=O)COC(=O)CN2C(=O)[C@@H]3[C@H]4C[C@@H]([C@H](Cl)[C@H]4Cl)[C@@H]3C2=O)cc1. The summed E-state index contributed by atoms with van der Waals surface area (Å²) in [5.41, 5.74) is 1.73. The molecule has 1 aromatic rings. The summed E-state index contributed by atoms with van der Waals surface area (Å²) in [7, 11) is 0. The number of ether oxygens (including phenoxy) is 1. The molecule has 2 saturated carbocycles. The van der Waals surface area contributed by atoms with Crippen LogP contribution in [0.25, 0.3) is 0 Å². The molecule has 0 unspecified atom stereocenters. The Morgan fingerprint density at radius 2 is 1.63 bits per heavy atom. The zero-order valence-corrected chi connectivity index (χ0v) is 17.9. The molecule has 1 aliphatic heterocycles. The minimum atomic E-state index is -0.814. The van der Waals surface area contributed by atoms with Crippen molar-refractivity contribution in [3.63, 3.8) is 0 Å². The van der Waals surface area contributed by atoms with Gasteiger partial charge in [-0.3, -0.25) is 24.1 Å². The quantitative estimate of drug-likeness (QED) is 0.405. The molecule has 0 spiro atoms. The lowest BCUT2D eigenvalue weighted by Crippen LogP contribution is -2.38. The Labute approximate surface area is 184 Å². The lowest BCUT2D eigenvalue weighted by molar-refractivity contribution is -0.154. The Morgan fingerprint density at radius 3 is 2.17 bits per heavy atom. The summed E-state index contributed by atoms with van der Waals surface area (Å²) in [4.78, 5) is 50.5. The molecule has 1 saturated heterocycles. The number of esters is 1. The molecule has 0 radical (unpaired) electrons.